The summed E-state index contributed by atoms with van der Waals surface area (Å²) in [5, 5.41) is 16.4. The molecule has 27 heavy (non-hydrogen) atoms. The maximum absolute atomic E-state index is 12.1. The zero-order valence-corrected chi connectivity index (χ0v) is 14.6. The molecule has 0 unspecified atom stereocenters. The van der Waals surface area contributed by atoms with E-state index in [2.05, 4.69) is 15.4 Å². The van der Waals surface area contributed by atoms with E-state index in [1.807, 2.05) is 0 Å². The lowest BCUT2D eigenvalue weighted by Gasteiger charge is -2.10. The number of nitrogens with zero attached hydrogens (tertiary/aromatic N) is 1. The number of carbonyl (C=O) groups is 1. The number of nitro benzene ring substituents is 1. The van der Waals surface area contributed by atoms with Crippen molar-refractivity contribution in [2.75, 3.05) is 18.4 Å². The minimum atomic E-state index is -2.86. The Hall–Kier alpha value is -3.23. The molecule has 7 nitrogen and oxygen atoms in total. The molecule has 0 saturated carbocycles. The summed E-state index contributed by atoms with van der Waals surface area (Å²) < 4.78 is 28.4. The van der Waals surface area contributed by atoms with Crippen LogP contribution in [0.25, 0.3) is 0 Å². The lowest BCUT2D eigenvalue weighted by atomic mass is 10.1. The van der Waals surface area contributed by atoms with Crippen LogP contribution in [-0.2, 0) is 11.2 Å². The van der Waals surface area contributed by atoms with Gasteiger partial charge in [-0.2, -0.15) is 8.78 Å². The third kappa shape index (κ3) is 6.53. The number of alkyl halides is 2. The molecule has 2 aromatic rings. The normalized spacial score (nSPS) is 10.5. The molecule has 9 heteroatoms. The number of halogens is 2. The molecule has 1 amide bonds. The van der Waals surface area contributed by atoms with Crippen molar-refractivity contribution in [1.82, 2.24) is 5.32 Å². The fraction of sp³-hybridized carbons (Fsp3) is 0.278. The number of ether oxygens (including phenoxy) is 1. The number of nitro groups is 1. The number of non-ortho nitro benzene ring substituents is 1. The highest BCUT2D eigenvalue weighted by Crippen LogP contribution is 2.21. The lowest BCUT2D eigenvalue weighted by molar-refractivity contribution is -0.384. The second-order valence-corrected chi connectivity index (χ2v) is 5.73. The van der Waals surface area contributed by atoms with Crippen molar-refractivity contribution in [3.8, 4) is 5.75 Å². The molecule has 0 aliphatic heterocycles. The molecular formula is C18H19F2N3O4. The molecule has 0 atom stereocenters. The Balaban J connectivity index is 1.76. The standard InChI is InChI=1S/C18H19F2N3O4/c1-12-2-5-14(23(25)26)10-16(12)22-11-17(24)21-9-8-13-3-6-15(7-4-13)27-18(19)20/h2-7,10,18,22H,8-9,11H2,1H3,(H,21,24). The van der Waals surface area contributed by atoms with Gasteiger partial charge < -0.3 is 15.4 Å². The van der Waals surface area contributed by atoms with E-state index in [9.17, 15) is 23.7 Å². The molecular weight excluding hydrogens is 360 g/mol. The molecule has 0 aromatic heterocycles. The van der Waals surface area contributed by atoms with Crippen LogP contribution in [0.5, 0.6) is 5.75 Å². The van der Waals surface area contributed by atoms with Gasteiger partial charge in [0.2, 0.25) is 5.91 Å². The van der Waals surface area contributed by atoms with E-state index in [1.54, 1.807) is 25.1 Å². The molecule has 2 N–H and O–H groups in total. The van der Waals surface area contributed by atoms with Gasteiger partial charge >= 0.3 is 6.61 Å². The minimum absolute atomic E-state index is 0.0246. The van der Waals surface area contributed by atoms with Gasteiger partial charge in [-0.3, -0.25) is 14.9 Å². The highest BCUT2D eigenvalue weighted by Gasteiger charge is 2.10. The number of benzene rings is 2. The summed E-state index contributed by atoms with van der Waals surface area (Å²) in [7, 11) is 0. The molecule has 0 heterocycles. The van der Waals surface area contributed by atoms with E-state index in [0.717, 1.165) is 11.1 Å². The number of anilines is 1. The molecule has 0 aliphatic carbocycles. The fourth-order valence-corrected chi connectivity index (χ4v) is 2.34. The van der Waals surface area contributed by atoms with Gasteiger partial charge in [0, 0.05) is 24.4 Å². The number of nitrogens with one attached hydrogen (secondary N) is 2. The molecule has 0 radical (unpaired) electrons. The van der Waals surface area contributed by atoms with Gasteiger partial charge in [-0.05, 0) is 36.6 Å². The maximum Gasteiger partial charge on any atom is 0.387 e. The van der Waals surface area contributed by atoms with E-state index < -0.39 is 11.5 Å². The van der Waals surface area contributed by atoms with Gasteiger partial charge in [-0.25, -0.2) is 0 Å². The average molecular weight is 379 g/mol. The van der Waals surface area contributed by atoms with Gasteiger partial charge in [0.05, 0.1) is 11.5 Å². The number of carbonyl (C=O) groups excluding carboxylic acids is 1. The first-order valence-electron chi connectivity index (χ1n) is 8.14. The minimum Gasteiger partial charge on any atom is -0.435 e. The third-order valence-corrected chi connectivity index (χ3v) is 3.76. The third-order valence-electron chi connectivity index (χ3n) is 3.76. The van der Waals surface area contributed by atoms with Crippen molar-refractivity contribution < 1.29 is 23.2 Å². The fourth-order valence-electron chi connectivity index (χ4n) is 2.34. The van der Waals surface area contributed by atoms with Crippen molar-refractivity contribution in [1.29, 1.82) is 0 Å². The summed E-state index contributed by atoms with van der Waals surface area (Å²) >= 11 is 0. The molecule has 0 aliphatic rings. The number of aryl methyl sites for hydroxylation is 1. The first kappa shape index (κ1) is 20.1. The van der Waals surface area contributed by atoms with Crippen molar-refractivity contribution in [3.63, 3.8) is 0 Å². The van der Waals surface area contributed by atoms with E-state index >= 15 is 0 Å². The van der Waals surface area contributed by atoms with E-state index in [1.165, 1.54) is 24.3 Å². The van der Waals surface area contributed by atoms with Gasteiger partial charge in [0.15, 0.2) is 0 Å². The molecule has 144 valence electrons. The summed E-state index contributed by atoms with van der Waals surface area (Å²) in [6.07, 6.45) is 0.524. The first-order valence-corrected chi connectivity index (χ1v) is 8.14. The average Bonchev–Trinajstić information content (AvgIpc) is 2.62. The Morgan fingerprint density at radius 2 is 1.93 bits per heavy atom. The molecule has 0 saturated heterocycles. The van der Waals surface area contributed by atoms with E-state index in [0.29, 0.717) is 18.7 Å². The number of hydrogen-bond donors (Lipinski definition) is 2. The second-order valence-electron chi connectivity index (χ2n) is 5.73. The van der Waals surface area contributed by atoms with Crippen LogP contribution in [0.1, 0.15) is 11.1 Å². The SMILES string of the molecule is Cc1ccc([N+](=O)[O-])cc1NCC(=O)NCCc1ccc(OC(F)F)cc1. The molecule has 2 aromatic carbocycles. The zero-order chi connectivity index (χ0) is 19.8. The van der Waals surface area contributed by atoms with Crippen molar-refractivity contribution >= 4 is 17.3 Å². The largest absolute Gasteiger partial charge is 0.435 e. The van der Waals surface area contributed by atoms with E-state index in [-0.39, 0.29) is 23.9 Å². The quantitative estimate of drug-likeness (QED) is 0.515. The van der Waals surface area contributed by atoms with Crippen LogP contribution in [-0.4, -0.2) is 30.5 Å². The Kier molecular flexibility index (Phi) is 7.04. The van der Waals surface area contributed by atoms with Crippen LogP contribution >= 0.6 is 0 Å². The maximum atomic E-state index is 12.1. The topological polar surface area (TPSA) is 93.5 Å². The van der Waals surface area contributed by atoms with Gasteiger partial charge in [-0.1, -0.05) is 18.2 Å². The smallest absolute Gasteiger partial charge is 0.387 e. The van der Waals surface area contributed by atoms with Gasteiger partial charge in [-0.15, -0.1) is 0 Å². The molecule has 0 fully saturated rings. The molecule has 2 rings (SSSR count). The van der Waals surface area contributed by atoms with Crippen molar-refractivity contribution in [3.05, 3.63) is 63.7 Å². The van der Waals surface area contributed by atoms with Crippen LogP contribution in [0.15, 0.2) is 42.5 Å². The number of amides is 1. The Morgan fingerprint density at radius 1 is 1.22 bits per heavy atom. The molecule has 0 bridgehead atoms. The Bertz CT molecular complexity index is 798. The van der Waals surface area contributed by atoms with Crippen LogP contribution in [0.2, 0.25) is 0 Å². The van der Waals surface area contributed by atoms with Crippen molar-refractivity contribution in [2.24, 2.45) is 0 Å². The van der Waals surface area contributed by atoms with E-state index in [4.69, 9.17) is 0 Å². The van der Waals surface area contributed by atoms with Crippen LogP contribution < -0.4 is 15.4 Å². The summed E-state index contributed by atoms with van der Waals surface area (Å²) in [6.45, 7) is -0.741. The highest BCUT2D eigenvalue weighted by molar-refractivity contribution is 5.81. The summed E-state index contributed by atoms with van der Waals surface area (Å²) in [5.74, 6) is -0.187. The van der Waals surface area contributed by atoms with Crippen molar-refractivity contribution in [2.45, 2.75) is 20.0 Å². The second kappa shape index (κ2) is 9.46. The van der Waals surface area contributed by atoms with Gasteiger partial charge in [0.25, 0.3) is 5.69 Å². The Morgan fingerprint density at radius 3 is 2.56 bits per heavy atom. The summed E-state index contributed by atoms with van der Waals surface area (Å²) in [4.78, 5) is 22.2. The zero-order valence-electron chi connectivity index (χ0n) is 14.6. The van der Waals surface area contributed by atoms with Crippen LogP contribution in [0, 0.1) is 17.0 Å². The predicted molar refractivity (Wildman–Crippen MR) is 96.1 cm³/mol. The van der Waals surface area contributed by atoms with Crippen LogP contribution in [0.4, 0.5) is 20.2 Å². The lowest BCUT2D eigenvalue weighted by Crippen LogP contribution is -2.31. The number of rotatable bonds is 9. The summed E-state index contributed by atoms with van der Waals surface area (Å²) in [5.41, 5.74) is 2.12. The molecule has 0 spiro atoms. The van der Waals surface area contributed by atoms with Gasteiger partial charge in [0.1, 0.15) is 5.75 Å². The number of hydrogen-bond acceptors (Lipinski definition) is 5. The van der Waals surface area contributed by atoms with Crippen LogP contribution in [0.3, 0.4) is 0 Å². The first-order chi connectivity index (χ1) is 12.8. The highest BCUT2D eigenvalue weighted by atomic mass is 19.3. The Labute approximate surface area is 154 Å². The summed E-state index contributed by atoms with van der Waals surface area (Å²) in [6, 6.07) is 10.6. The monoisotopic (exact) mass is 379 g/mol. The predicted octanol–water partition coefficient (Wildman–Crippen LogP) is 3.28.